The van der Waals surface area contributed by atoms with Gasteiger partial charge in [-0.05, 0) is 43.2 Å². The van der Waals surface area contributed by atoms with Crippen molar-refractivity contribution in [1.29, 1.82) is 0 Å². The minimum atomic E-state index is -0.329. The number of amides is 1. The van der Waals surface area contributed by atoms with E-state index in [4.69, 9.17) is 4.74 Å². The van der Waals surface area contributed by atoms with Crippen molar-refractivity contribution in [2.45, 2.75) is 26.8 Å². The molecule has 0 aliphatic heterocycles. The van der Waals surface area contributed by atoms with Crippen LogP contribution in [-0.2, 0) is 6.54 Å². The highest BCUT2D eigenvalue weighted by atomic mass is 19.1. The Hall–Kier alpha value is -3.15. The summed E-state index contributed by atoms with van der Waals surface area (Å²) in [5, 5.41) is 7.22. The molecule has 3 rings (SSSR count). The van der Waals surface area contributed by atoms with E-state index in [9.17, 15) is 9.18 Å². The van der Waals surface area contributed by atoms with Crippen molar-refractivity contribution in [3.8, 4) is 11.4 Å². The number of aromatic nitrogens is 2. The van der Waals surface area contributed by atoms with Gasteiger partial charge in [-0.15, -0.1) is 0 Å². The summed E-state index contributed by atoms with van der Waals surface area (Å²) in [6.07, 6.45) is 2.45. The molecule has 27 heavy (non-hydrogen) atoms. The molecule has 0 aliphatic carbocycles. The molecule has 3 aromatic rings. The van der Waals surface area contributed by atoms with Crippen LogP contribution in [0.5, 0.6) is 5.75 Å². The van der Waals surface area contributed by atoms with Gasteiger partial charge in [-0.25, -0.2) is 9.07 Å². The number of benzene rings is 2. The number of aryl methyl sites for hydroxylation is 1. The maximum absolute atomic E-state index is 13.1. The van der Waals surface area contributed by atoms with Crippen LogP contribution in [0.4, 0.5) is 4.39 Å². The van der Waals surface area contributed by atoms with Crippen molar-refractivity contribution < 1.29 is 13.9 Å². The van der Waals surface area contributed by atoms with E-state index >= 15 is 0 Å². The quantitative estimate of drug-likeness (QED) is 0.686. The highest BCUT2D eigenvalue weighted by molar-refractivity contribution is 5.94. The molecule has 2 aromatic carbocycles. The Balaban J connectivity index is 1.79. The number of nitrogens with one attached hydrogen (secondary N) is 1. The van der Waals surface area contributed by atoms with Gasteiger partial charge in [-0.2, -0.15) is 5.10 Å². The molecule has 1 N–H and O–H groups in total. The van der Waals surface area contributed by atoms with Crippen LogP contribution in [0.25, 0.3) is 5.69 Å². The fourth-order valence-electron chi connectivity index (χ4n) is 2.53. The lowest BCUT2D eigenvalue weighted by molar-refractivity contribution is 0.0941. The first-order chi connectivity index (χ1) is 13.1. The van der Waals surface area contributed by atoms with Crippen LogP contribution in [0.3, 0.4) is 0 Å². The molecule has 0 atom stereocenters. The number of carbonyl (C=O) groups excluding carboxylic acids is 1. The summed E-state index contributed by atoms with van der Waals surface area (Å²) in [4.78, 5) is 12.6. The van der Waals surface area contributed by atoms with Crippen LogP contribution in [0.2, 0.25) is 0 Å². The number of ether oxygens (including phenoxy) is 1. The molecule has 1 heterocycles. The van der Waals surface area contributed by atoms with Crippen molar-refractivity contribution in [2.75, 3.05) is 6.61 Å². The predicted molar refractivity (Wildman–Crippen MR) is 102 cm³/mol. The summed E-state index contributed by atoms with van der Waals surface area (Å²) in [5.41, 5.74) is 3.02. The van der Waals surface area contributed by atoms with E-state index in [1.165, 1.54) is 22.4 Å². The molecule has 1 aromatic heterocycles. The molecular formula is C21H22FN3O2. The highest BCUT2D eigenvalue weighted by Crippen LogP contribution is 2.20. The average molecular weight is 367 g/mol. The van der Waals surface area contributed by atoms with Crippen LogP contribution in [0, 0.1) is 12.7 Å². The summed E-state index contributed by atoms with van der Waals surface area (Å²) in [6, 6.07) is 13.8. The average Bonchev–Trinajstić information content (AvgIpc) is 3.10. The first-order valence-electron chi connectivity index (χ1n) is 8.89. The molecule has 0 bridgehead atoms. The third kappa shape index (κ3) is 4.73. The molecular weight excluding hydrogens is 345 g/mol. The highest BCUT2D eigenvalue weighted by Gasteiger charge is 2.19. The molecule has 0 radical (unpaired) electrons. The zero-order valence-corrected chi connectivity index (χ0v) is 15.4. The summed E-state index contributed by atoms with van der Waals surface area (Å²) in [5.74, 6) is -0.241. The van der Waals surface area contributed by atoms with Gasteiger partial charge < -0.3 is 10.1 Å². The van der Waals surface area contributed by atoms with E-state index in [2.05, 4.69) is 10.4 Å². The van der Waals surface area contributed by atoms with E-state index in [1.807, 2.05) is 38.1 Å². The second-order valence-corrected chi connectivity index (χ2v) is 6.28. The first kappa shape index (κ1) is 18.6. The predicted octanol–water partition coefficient (Wildman–Crippen LogP) is 4.04. The van der Waals surface area contributed by atoms with E-state index in [0.29, 0.717) is 24.6 Å². The third-order valence-corrected chi connectivity index (χ3v) is 4.02. The smallest absolute Gasteiger partial charge is 0.275 e. The largest absolute Gasteiger partial charge is 0.489 e. The minimum Gasteiger partial charge on any atom is -0.489 e. The van der Waals surface area contributed by atoms with Crippen LogP contribution >= 0.6 is 0 Å². The Morgan fingerprint density at radius 1 is 1.15 bits per heavy atom. The molecule has 5 nitrogen and oxygen atoms in total. The van der Waals surface area contributed by atoms with Gasteiger partial charge in [-0.1, -0.05) is 36.8 Å². The Bertz CT molecular complexity index is 902. The van der Waals surface area contributed by atoms with Crippen LogP contribution in [0.1, 0.15) is 35.0 Å². The molecule has 6 heteroatoms. The van der Waals surface area contributed by atoms with E-state index in [0.717, 1.165) is 12.0 Å². The Labute approximate surface area is 157 Å². The van der Waals surface area contributed by atoms with Gasteiger partial charge in [-0.3, -0.25) is 4.79 Å². The fraction of sp³-hybridized carbons (Fsp3) is 0.238. The number of nitrogens with zero attached hydrogens (tertiary/aromatic N) is 2. The Morgan fingerprint density at radius 2 is 1.85 bits per heavy atom. The van der Waals surface area contributed by atoms with Gasteiger partial charge in [0.2, 0.25) is 0 Å². The topological polar surface area (TPSA) is 56.2 Å². The lowest BCUT2D eigenvalue weighted by Gasteiger charge is -2.06. The summed E-state index contributed by atoms with van der Waals surface area (Å²) >= 11 is 0. The van der Waals surface area contributed by atoms with E-state index < -0.39 is 0 Å². The van der Waals surface area contributed by atoms with Crippen molar-refractivity contribution >= 4 is 5.91 Å². The molecule has 0 saturated carbocycles. The maximum Gasteiger partial charge on any atom is 0.275 e. The normalized spacial score (nSPS) is 10.6. The van der Waals surface area contributed by atoms with Crippen LogP contribution in [0.15, 0.2) is 54.7 Å². The van der Waals surface area contributed by atoms with Crippen LogP contribution in [-0.4, -0.2) is 22.3 Å². The lowest BCUT2D eigenvalue weighted by atomic mass is 10.1. The summed E-state index contributed by atoms with van der Waals surface area (Å²) in [7, 11) is 0. The lowest BCUT2D eigenvalue weighted by Crippen LogP contribution is -2.24. The number of rotatable bonds is 7. The van der Waals surface area contributed by atoms with Gasteiger partial charge >= 0.3 is 0 Å². The third-order valence-electron chi connectivity index (χ3n) is 4.02. The zero-order chi connectivity index (χ0) is 19.2. The zero-order valence-electron chi connectivity index (χ0n) is 15.4. The van der Waals surface area contributed by atoms with Crippen molar-refractivity contribution in [3.63, 3.8) is 0 Å². The van der Waals surface area contributed by atoms with Gasteiger partial charge in [0.25, 0.3) is 5.91 Å². The Kier molecular flexibility index (Phi) is 5.86. The monoisotopic (exact) mass is 367 g/mol. The number of halogens is 1. The van der Waals surface area contributed by atoms with Gasteiger partial charge in [0.15, 0.2) is 11.4 Å². The summed E-state index contributed by atoms with van der Waals surface area (Å²) in [6.45, 7) is 4.88. The maximum atomic E-state index is 13.1. The minimum absolute atomic E-state index is 0.208. The fourth-order valence-corrected chi connectivity index (χ4v) is 2.53. The molecule has 0 fully saturated rings. The van der Waals surface area contributed by atoms with E-state index in [1.54, 1.807) is 18.3 Å². The van der Waals surface area contributed by atoms with Crippen molar-refractivity contribution in [1.82, 2.24) is 15.1 Å². The van der Waals surface area contributed by atoms with E-state index in [-0.39, 0.29) is 17.4 Å². The second kappa shape index (κ2) is 8.49. The second-order valence-electron chi connectivity index (χ2n) is 6.28. The summed E-state index contributed by atoms with van der Waals surface area (Å²) < 4.78 is 20.4. The van der Waals surface area contributed by atoms with Gasteiger partial charge in [0.1, 0.15) is 5.82 Å². The molecule has 0 spiro atoms. The van der Waals surface area contributed by atoms with Crippen molar-refractivity contribution in [3.05, 3.63) is 77.4 Å². The Morgan fingerprint density at radius 3 is 2.52 bits per heavy atom. The first-order valence-corrected chi connectivity index (χ1v) is 8.89. The SMILES string of the molecule is CCCOc1cn(-c2ccc(F)cc2)nc1C(=O)NCc1ccc(C)cc1. The molecule has 140 valence electrons. The van der Waals surface area contributed by atoms with Crippen LogP contribution < -0.4 is 10.1 Å². The molecule has 1 amide bonds. The standard InChI is InChI=1S/C21H22FN3O2/c1-3-12-27-19-14-25(18-10-8-17(22)9-11-18)24-20(19)21(26)23-13-16-6-4-15(2)5-7-16/h4-11,14H,3,12-13H2,1-2H3,(H,23,26). The van der Waals surface area contributed by atoms with Crippen molar-refractivity contribution in [2.24, 2.45) is 0 Å². The molecule has 0 aliphatic rings. The molecule has 0 unspecified atom stereocenters. The number of carbonyl (C=O) groups is 1. The van der Waals surface area contributed by atoms with Gasteiger partial charge in [0, 0.05) is 6.54 Å². The number of hydrogen-bond donors (Lipinski definition) is 1. The molecule has 0 saturated heterocycles. The number of hydrogen-bond acceptors (Lipinski definition) is 3. The van der Waals surface area contributed by atoms with Gasteiger partial charge in [0.05, 0.1) is 18.5 Å².